The van der Waals surface area contributed by atoms with E-state index in [1.54, 1.807) is 6.33 Å². The summed E-state index contributed by atoms with van der Waals surface area (Å²) in [5, 5.41) is 4.33. The number of hydrogen-bond donors (Lipinski definition) is 2. The average Bonchev–Trinajstić information content (AvgIpc) is 2.61. The molecular weight excluding hydrogens is 312 g/mol. The van der Waals surface area contributed by atoms with Gasteiger partial charge in [-0.05, 0) is 48.2 Å². The summed E-state index contributed by atoms with van der Waals surface area (Å²) in [6.45, 7) is 5.80. The summed E-state index contributed by atoms with van der Waals surface area (Å²) in [5.41, 5.74) is 8.70. The largest absolute Gasteiger partial charge is 0.493 e. The molecule has 0 aliphatic heterocycles. The number of hydrogen-bond acceptors (Lipinski definition) is 5. The van der Waals surface area contributed by atoms with Crippen LogP contribution in [0.4, 0.5) is 11.5 Å². The Balaban J connectivity index is 1.63. The van der Waals surface area contributed by atoms with Gasteiger partial charge in [0.25, 0.3) is 0 Å². The lowest BCUT2D eigenvalue weighted by Gasteiger charge is -2.11. The molecule has 0 unspecified atom stereocenters. The summed E-state index contributed by atoms with van der Waals surface area (Å²) in [6, 6.07) is 13.9. The monoisotopic (exact) mass is 336 g/mol. The molecule has 0 amide bonds. The van der Waals surface area contributed by atoms with Crippen LogP contribution in [0, 0.1) is 5.92 Å². The summed E-state index contributed by atoms with van der Waals surface area (Å²) in [6.07, 6.45) is 2.45. The van der Waals surface area contributed by atoms with Gasteiger partial charge in [-0.3, -0.25) is 0 Å². The summed E-state index contributed by atoms with van der Waals surface area (Å²) in [7, 11) is 0. The first-order chi connectivity index (χ1) is 12.1. The van der Waals surface area contributed by atoms with Crippen LogP contribution in [0.25, 0.3) is 10.9 Å². The fourth-order valence-electron chi connectivity index (χ4n) is 2.59. The van der Waals surface area contributed by atoms with Crippen molar-refractivity contribution in [3.8, 4) is 5.75 Å². The number of nitrogens with zero attached hydrogens (tertiary/aromatic N) is 2. The molecule has 25 heavy (non-hydrogen) atoms. The number of fused-ring (bicyclic) bond motifs is 1. The Kier molecular flexibility index (Phi) is 5.33. The molecule has 2 aromatic carbocycles. The number of nitrogen functional groups attached to an aromatic ring is 1. The predicted octanol–water partition coefficient (Wildman–Crippen LogP) is 3.90. The molecule has 0 fully saturated rings. The quantitative estimate of drug-likeness (QED) is 0.640. The Bertz CT molecular complexity index is 848. The zero-order valence-electron chi connectivity index (χ0n) is 14.7. The molecule has 5 heteroatoms. The van der Waals surface area contributed by atoms with Gasteiger partial charge < -0.3 is 15.8 Å². The highest BCUT2D eigenvalue weighted by Gasteiger charge is 2.04. The van der Waals surface area contributed by atoms with Gasteiger partial charge >= 0.3 is 0 Å². The number of ether oxygens (including phenoxy) is 1. The van der Waals surface area contributed by atoms with Crippen molar-refractivity contribution in [1.82, 2.24) is 9.97 Å². The average molecular weight is 336 g/mol. The maximum Gasteiger partial charge on any atom is 0.137 e. The summed E-state index contributed by atoms with van der Waals surface area (Å²) in [5.74, 6) is 2.25. The molecule has 5 nitrogen and oxygen atoms in total. The van der Waals surface area contributed by atoms with Gasteiger partial charge in [0.15, 0.2) is 0 Å². The molecule has 0 bridgehead atoms. The third kappa shape index (κ3) is 4.59. The van der Waals surface area contributed by atoms with Crippen molar-refractivity contribution in [2.24, 2.45) is 5.92 Å². The number of nitrogens with one attached hydrogen (secondary N) is 1. The fraction of sp³-hybridized carbons (Fsp3) is 0.300. The standard InChI is InChI=1S/C20H24N4O/c1-14(2)12-25-17-5-3-4-15(10-17)8-9-22-20-18-11-16(21)6-7-19(18)23-13-24-20/h3-7,10-11,13-14H,8-9,12,21H2,1-2H3,(H,22,23,24). The molecule has 1 aromatic heterocycles. The van der Waals surface area contributed by atoms with E-state index >= 15 is 0 Å². The lowest BCUT2D eigenvalue weighted by atomic mass is 10.1. The Morgan fingerprint density at radius 2 is 2.00 bits per heavy atom. The molecule has 0 aliphatic carbocycles. The Morgan fingerprint density at radius 3 is 2.84 bits per heavy atom. The maximum atomic E-state index is 5.88. The highest BCUT2D eigenvalue weighted by atomic mass is 16.5. The zero-order valence-corrected chi connectivity index (χ0v) is 14.7. The van der Waals surface area contributed by atoms with Crippen molar-refractivity contribution in [3.63, 3.8) is 0 Å². The smallest absolute Gasteiger partial charge is 0.137 e. The second-order valence-corrected chi connectivity index (χ2v) is 6.53. The van der Waals surface area contributed by atoms with Crippen LogP contribution in [0.15, 0.2) is 48.8 Å². The topological polar surface area (TPSA) is 73.1 Å². The highest BCUT2D eigenvalue weighted by Crippen LogP contribution is 2.22. The van der Waals surface area contributed by atoms with E-state index in [9.17, 15) is 0 Å². The maximum absolute atomic E-state index is 5.88. The minimum Gasteiger partial charge on any atom is -0.493 e. The van der Waals surface area contributed by atoms with Crippen LogP contribution in [-0.4, -0.2) is 23.1 Å². The SMILES string of the molecule is CC(C)COc1cccc(CCNc2ncnc3ccc(N)cc23)c1. The van der Waals surface area contributed by atoms with Gasteiger partial charge in [0.05, 0.1) is 12.1 Å². The summed E-state index contributed by atoms with van der Waals surface area (Å²) < 4.78 is 5.79. The lowest BCUT2D eigenvalue weighted by molar-refractivity contribution is 0.271. The Labute approximate surface area is 148 Å². The van der Waals surface area contributed by atoms with E-state index in [4.69, 9.17) is 10.5 Å². The van der Waals surface area contributed by atoms with Gasteiger partial charge in [-0.2, -0.15) is 0 Å². The van der Waals surface area contributed by atoms with Crippen LogP contribution in [0.5, 0.6) is 5.75 Å². The second-order valence-electron chi connectivity index (χ2n) is 6.53. The molecule has 0 aliphatic rings. The molecule has 3 N–H and O–H groups in total. The minimum absolute atomic E-state index is 0.517. The van der Waals surface area contributed by atoms with Gasteiger partial charge in [-0.25, -0.2) is 9.97 Å². The summed E-state index contributed by atoms with van der Waals surface area (Å²) in [4.78, 5) is 8.62. The molecule has 0 radical (unpaired) electrons. The van der Waals surface area contributed by atoms with E-state index in [0.29, 0.717) is 11.6 Å². The van der Waals surface area contributed by atoms with Gasteiger partial charge in [-0.1, -0.05) is 26.0 Å². The van der Waals surface area contributed by atoms with E-state index < -0.39 is 0 Å². The zero-order chi connectivity index (χ0) is 17.6. The van der Waals surface area contributed by atoms with E-state index in [-0.39, 0.29) is 0 Å². The molecule has 0 spiro atoms. The third-order valence-electron chi connectivity index (χ3n) is 3.85. The fourth-order valence-corrected chi connectivity index (χ4v) is 2.59. The van der Waals surface area contributed by atoms with E-state index in [1.165, 1.54) is 5.56 Å². The van der Waals surface area contributed by atoms with Crippen molar-refractivity contribution < 1.29 is 4.74 Å². The van der Waals surface area contributed by atoms with Crippen LogP contribution in [0.3, 0.4) is 0 Å². The number of benzene rings is 2. The molecule has 3 rings (SSSR count). The van der Waals surface area contributed by atoms with Gasteiger partial charge in [0.2, 0.25) is 0 Å². The van der Waals surface area contributed by atoms with Crippen LogP contribution < -0.4 is 15.8 Å². The molecule has 130 valence electrons. The van der Waals surface area contributed by atoms with E-state index in [1.807, 2.05) is 30.3 Å². The van der Waals surface area contributed by atoms with Crippen molar-refractivity contribution in [2.45, 2.75) is 20.3 Å². The summed E-state index contributed by atoms with van der Waals surface area (Å²) >= 11 is 0. The Morgan fingerprint density at radius 1 is 1.12 bits per heavy atom. The Hall–Kier alpha value is -2.82. The van der Waals surface area contributed by atoms with Crippen LogP contribution in [0.2, 0.25) is 0 Å². The second kappa shape index (κ2) is 7.83. The first-order valence-corrected chi connectivity index (χ1v) is 8.57. The number of rotatable bonds is 7. The minimum atomic E-state index is 0.517. The van der Waals surface area contributed by atoms with E-state index in [2.05, 4.69) is 41.3 Å². The van der Waals surface area contributed by atoms with Crippen LogP contribution in [-0.2, 0) is 6.42 Å². The third-order valence-corrected chi connectivity index (χ3v) is 3.85. The van der Waals surface area contributed by atoms with Crippen LogP contribution in [0.1, 0.15) is 19.4 Å². The lowest BCUT2D eigenvalue weighted by Crippen LogP contribution is -2.08. The molecule has 0 atom stereocenters. The van der Waals surface area contributed by atoms with Gasteiger partial charge in [0, 0.05) is 17.6 Å². The van der Waals surface area contributed by atoms with Crippen molar-refractivity contribution >= 4 is 22.4 Å². The highest BCUT2D eigenvalue weighted by molar-refractivity contribution is 5.91. The molecule has 0 saturated heterocycles. The van der Waals surface area contributed by atoms with Crippen molar-refractivity contribution in [1.29, 1.82) is 0 Å². The van der Waals surface area contributed by atoms with Crippen molar-refractivity contribution in [2.75, 3.05) is 24.2 Å². The first kappa shape index (κ1) is 17.0. The molecule has 0 saturated carbocycles. The van der Waals surface area contributed by atoms with E-state index in [0.717, 1.165) is 42.0 Å². The molecular formula is C20H24N4O. The first-order valence-electron chi connectivity index (χ1n) is 8.57. The molecule has 3 aromatic rings. The van der Waals surface area contributed by atoms with Gasteiger partial charge in [0.1, 0.15) is 17.9 Å². The number of anilines is 2. The van der Waals surface area contributed by atoms with Crippen molar-refractivity contribution in [3.05, 3.63) is 54.4 Å². The normalized spacial score (nSPS) is 11.0. The molecule has 1 heterocycles. The van der Waals surface area contributed by atoms with Crippen LogP contribution >= 0.6 is 0 Å². The van der Waals surface area contributed by atoms with Gasteiger partial charge in [-0.15, -0.1) is 0 Å². The predicted molar refractivity (Wildman–Crippen MR) is 103 cm³/mol. The number of aromatic nitrogens is 2. The number of nitrogens with two attached hydrogens (primary N) is 1.